The summed E-state index contributed by atoms with van der Waals surface area (Å²) < 4.78 is 6.07. The number of hydrogen-bond acceptors (Lipinski definition) is 2. The van der Waals surface area contributed by atoms with Crippen molar-refractivity contribution in [3.05, 3.63) is 70.2 Å². The Morgan fingerprint density at radius 3 is 2.81 bits per heavy atom. The van der Waals surface area contributed by atoms with Gasteiger partial charge in [-0.25, -0.2) is 0 Å². The smallest absolute Gasteiger partial charge is 0.256 e. The van der Waals surface area contributed by atoms with Crippen molar-refractivity contribution in [3.8, 4) is 0 Å². The van der Waals surface area contributed by atoms with Crippen molar-refractivity contribution >= 4 is 17.5 Å². The molecular weight excluding hydrogens is 286 g/mol. The molecule has 2 aliphatic rings. The second kappa shape index (κ2) is 4.58. The molecule has 0 aliphatic carbocycles. The van der Waals surface area contributed by atoms with Gasteiger partial charge in [0.2, 0.25) is 0 Å². The summed E-state index contributed by atoms with van der Waals surface area (Å²) in [6.45, 7) is 1.18. The molecule has 2 aromatic carbocycles. The molecule has 21 heavy (non-hydrogen) atoms. The van der Waals surface area contributed by atoms with Crippen LogP contribution in [0.2, 0.25) is 5.02 Å². The molecule has 2 aromatic rings. The van der Waals surface area contributed by atoms with E-state index in [0.29, 0.717) is 30.2 Å². The van der Waals surface area contributed by atoms with Gasteiger partial charge < -0.3 is 9.64 Å². The summed E-state index contributed by atoms with van der Waals surface area (Å²) in [5, 5.41) is 0.631. The average Bonchev–Trinajstić information content (AvgIpc) is 3.00. The van der Waals surface area contributed by atoms with E-state index in [1.54, 1.807) is 12.1 Å². The molecule has 0 N–H and O–H groups in total. The van der Waals surface area contributed by atoms with Crippen molar-refractivity contribution in [2.75, 3.05) is 13.2 Å². The van der Waals surface area contributed by atoms with Crippen LogP contribution in [0.4, 0.5) is 0 Å². The molecule has 1 unspecified atom stereocenters. The third kappa shape index (κ3) is 1.81. The third-order valence-electron chi connectivity index (χ3n) is 4.26. The van der Waals surface area contributed by atoms with Gasteiger partial charge in [-0.3, -0.25) is 4.79 Å². The number of carbonyl (C=O) groups is 1. The van der Waals surface area contributed by atoms with Gasteiger partial charge in [-0.2, -0.15) is 0 Å². The Hall–Kier alpha value is -1.84. The lowest BCUT2D eigenvalue weighted by Crippen LogP contribution is -2.41. The Morgan fingerprint density at radius 2 is 2.00 bits per heavy atom. The molecule has 0 aromatic heterocycles. The minimum atomic E-state index is -0.696. The van der Waals surface area contributed by atoms with Crippen molar-refractivity contribution in [2.24, 2.45) is 0 Å². The summed E-state index contributed by atoms with van der Waals surface area (Å²) in [4.78, 5) is 14.4. The maximum atomic E-state index is 12.6. The fourth-order valence-electron chi connectivity index (χ4n) is 3.34. The molecule has 106 valence electrons. The number of nitrogens with zero attached hydrogens (tertiary/aromatic N) is 1. The lowest BCUT2D eigenvalue weighted by molar-refractivity contribution is -0.0647. The van der Waals surface area contributed by atoms with E-state index >= 15 is 0 Å². The number of halogens is 1. The van der Waals surface area contributed by atoms with Crippen LogP contribution in [0.3, 0.4) is 0 Å². The Morgan fingerprint density at radius 1 is 1.19 bits per heavy atom. The van der Waals surface area contributed by atoms with Gasteiger partial charge in [-0.15, -0.1) is 0 Å². The Kier molecular flexibility index (Phi) is 2.81. The van der Waals surface area contributed by atoms with Gasteiger partial charge in [-0.05, 0) is 23.8 Å². The summed E-state index contributed by atoms with van der Waals surface area (Å²) in [6.07, 6.45) is 0.646. The fourth-order valence-corrected chi connectivity index (χ4v) is 3.51. The number of carbonyl (C=O) groups excluding carboxylic acids is 1. The van der Waals surface area contributed by atoms with Crippen LogP contribution >= 0.6 is 11.6 Å². The number of benzene rings is 2. The molecule has 1 saturated heterocycles. The minimum Gasteiger partial charge on any atom is -0.349 e. The third-order valence-corrected chi connectivity index (χ3v) is 4.49. The van der Waals surface area contributed by atoms with Crippen LogP contribution in [0, 0.1) is 0 Å². The second-order valence-corrected chi connectivity index (χ2v) is 5.88. The molecule has 4 heteroatoms. The van der Waals surface area contributed by atoms with Gasteiger partial charge in [-0.1, -0.05) is 41.9 Å². The standard InChI is InChI=1S/C17H14ClNO2/c18-13-6-7-14-15(10-13)17(11-12-4-2-1-3-5-12)19(16(14)20)8-9-21-17/h1-7,10H,8-9,11H2. The van der Waals surface area contributed by atoms with Crippen LogP contribution in [-0.4, -0.2) is 24.0 Å². The van der Waals surface area contributed by atoms with Crippen molar-refractivity contribution in [1.29, 1.82) is 0 Å². The van der Waals surface area contributed by atoms with E-state index in [0.717, 1.165) is 11.1 Å². The Bertz CT molecular complexity index is 716. The van der Waals surface area contributed by atoms with E-state index in [9.17, 15) is 4.79 Å². The molecule has 0 radical (unpaired) electrons. The van der Waals surface area contributed by atoms with Gasteiger partial charge in [0.1, 0.15) is 0 Å². The van der Waals surface area contributed by atoms with Gasteiger partial charge in [0.25, 0.3) is 5.91 Å². The Balaban J connectivity index is 1.86. The average molecular weight is 300 g/mol. The van der Waals surface area contributed by atoms with Crippen LogP contribution < -0.4 is 0 Å². The largest absolute Gasteiger partial charge is 0.349 e. The number of hydrogen-bond donors (Lipinski definition) is 0. The fraction of sp³-hybridized carbons (Fsp3) is 0.235. The first-order valence-electron chi connectivity index (χ1n) is 7.01. The quantitative estimate of drug-likeness (QED) is 0.852. The molecule has 2 aliphatic heterocycles. The van der Waals surface area contributed by atoms with Gasteiger partial charge in [0.15, 0.2) is 5.72 Å². The predicted molar refractivity (Wildman–Crippen MR) is 80.3 cm³/mol. The van der Waals surface area contributed by atoms with Gasteiger partial charge in [0, 0.05) is 29.1 Å². The summed E-state index contributed by atoms with van der Waals surface area (Å²) in [5.41, 5.74) is 2.04. The van der Waals surface area contributed by atoms with Crippen molar-refractivity contribution in [2.45, 2.75) is 12.1 Å². The van der Waals surface area contributed by atoms with Crippen molar-refractivity contribution in [1.82, 2.24) is 4.90 Å². The van der Waals surface area contributed by atoms with Crippen molar-refractivity contribution in [3.63, 3.8) is 0 Å². The molecule has 4 rings (SSSR count). The van der Waals surface area contributed by atoms with Crippen LogP contribution in [0.15, 0.2) is 48.5 Å². The topological polar surface area (TPSA) is 29.5 Å². The normalized spacial score (nSPS) is 23.3. The summed E-state index contributed by atoms with van der Waals surface area (Å²) in [5.74, 6) is 0.0371. The lowest BCUT2D eigenvalue weighted by Gasteiger charge is -2.31. The monoisotopic (exact) mass is 299 g/mol. The first-order chi connectivity index (χ1) is 10.2. The number of fused-ring (bicyclic) bond motifs is 3. The highest BCUT2D eigenvalue weighted by Crippen LogP contribution is 2.46. The SMILES string of the molecule is O=C1c2ccc(Cl)cc2C2(Cc3ccccc3)OCCN12. The van der Waals surface area contributed by atoms with Crippen LogP contribution in [-0.2, 0) is 16.9 Å². The Labute approximate surface area is 128 Å². The van der Waals surface area contributed by atoms with E-state index in [1.807, 2.05) is 29.2 Å². The molecule has 1 atom stereocenters. The highest BCUT2D eigenvalue weighted by Gasteiger charge is 2.53. The zero-order valence-corrected chi connectivity index (χ0v) is 12.1. The van der Waals surface area contributed by atoms with E-state index in [-0.39, 0.29) is 5.91 Å². The van der Waals surface area contributed by atoms with Crippen LogP contribution in [0.25, 0.3) is 0 Å². The molecule has 3 nitrogen and oxygen atoms in total. The molecule has 2 heterocycles. The van der Waals surface area contributed by atoms with Crippen molar-refractivity contribution < 1.29 is 9.53 Å². The van der Waals surface area contributed by atoms with Gasteiger partial charge >= 0.3 is 0 Å². The minimum absolute atomic E-state index is 0.0371. The second-order valence-electron chi connectivity index (χ2n) is 5.44. The zero-order valence-electron chi connectivity index (χ0n) is 11.4. The molecule has 1 amide bonds. The van der Waals surface area contributed by atoms with Crippen LogP contribution in [0.5, 0.6) is 0 Å². The summed E-state index contributed by atoms with van der Waals surface area (Å²) in [7, 11) is 0. The number of amides is 1. The van der Waals surface area contributed by atoms with E-state index in [2.05, 4.69) is 12.1 Å². The molecule has 0 spiro atoms. The van der Waals surface area contributed by atoms with Gasteiger partial charge in [0.05, 0.1) is 6.61 Å². The first-order valence-corrected chi connectivity index (χ1v) is 7.38. The molecule has 1 fully saturated rings. The van der Waals surface area contributed by atoms with E-state index < -0.39 is 5.72 Å². The predicted octanol–water partition coefficient (Wildman–Crippen LogP) is 3.22. The van der Waals surface area contributed by atoms with E-state index in [4.69, 9.17) is 16.3 Å². The maximum absolute atomic E-state index is 12.6. The van der Waals surface area contributed by atoms with E-state index in [1.165, 1.54) is 0 Å². The number of rotatable bonds is 2. The molecule has 0 bridgehead atoms. The number of ether oxygens (including phenoxy) is 1. The summed E-state index contributed by atoms with van der Waals surface area (Å²) >= 11 is 6.14. The highest BCUT2D eigenvalue weighted by molar-refractivity contribution is 6.30. The summed E-state index contributed by atoms with van der Waals surface area (Å²) in [6, 6.07) is 15.5. The highest BCUT2D eigenvalue weighted by atomic mass is 35.5. The molecular formula is C17H14ClNO2. The molecule has 0 saturated carbocycles. The lowest BCUT2D eigenvalue weighted by atomic mass is 9.94. The zero-order chi connectivity index (χ0) is 14.4. The van der Waals surface area contributed by atoms with Crippen LogP contribution in [0.1, 0.15) is 21.5 Å². The maximum Gasteiger partial charge on any atom is 0.256 e. The first kappa shape index (κ1) is 12.9.